The summed E-state index contributed by atoms with van der Waals surface area (Å²) >= 11 is 0. The topological polar surface area (TPSA) is 75.6 Å². The van der Waals surface area contributed by atoms with Crippen molar-refractivity contribution in [2.45, 2.75) is 12.2 Å². The summed E-state index contributed by atoms with van der Waals surface area (Å²) in [5, 5.41) is 10.0. The highest BCUT2D eigenvalue weighted by Crippen LogP contribution is 2.20. The van der Waals surface area contributed by atoms with Crippen molar-refractivity contribution in [2.24, 2.45) is 0 Å². The van der Waals surface area contributed by atoms with Gasteiger partial charge in [0.05, 0.1) is 19.3 Å². The summed E-state index contributed by atoms with van der Waals surface area (Å²) < 4.78 is 18.7. The number of ether oxygens (including phenoxy) is 1. The first kappa shape index (κ1) is 14.4. The van der Waals surface area contributed by atoms with Gasteiger partial charge in [0.2, 0.25) is 0 Å². The summed E-state index contributed by atoms with van der Waals surface area (Å²) in [6.07, 6.45) is 2.83. The molecule has 1 aromatic heterocycles. The van der Waals surface area contributed by atoms with Gasteiger partial charge in [0.25, 0.3) is 5.91 Å². The van der Waals surface area contributed by atoms with Crippen molar-refractivity contribution in [3.05, 3.63) is 54.4 Å². The number of amides is 1. The summed E-state index contributed by atoms with van der Waals surface area (Å²) in [7, 11) is 0. The van der Waals surface area contributed by atoms with Crippen molar-refractivity contribution in [1.82, 2.24) is 14.9 Å². The number of halogens is 1. The van der Waals surface area contributed by atoms with Gasteiger partial charge < -0.3 is 14.7 Å². The van der Waals surface area contributed by atoms with Crippen LogP contribution in [-0.4, -0.2) is 51.2 Å². The van der Waals surface area contributed by atoms with Crippen LogP contribution in [0.1, 0.15) is 10.5 Å². The minimum absolute atomic E-state index is 0.134. The number of benzene rings is 1. The van der Waals surface area contributed by atoms with E-state index in [4.69, 9.17) is 4.74 Å². The second-order valence-corrected chi connectivity index (χ2v) is 4.98. The maximum atomic E-state index is 13.1. The molecule has 0 spiro atoms. The molecule has 1 N–H and O–H groups in total. The second kappa shape index (κ2) is 6.07. The minimum Gasteiger partial charge on any atom is -0.486 e. The SMILES string of the molecule is O=C(c1cnccn1)N1C[C@@H](O)[C@H](Oc2cccc(F)c2)C1. The van der Waals surface area contributed by atoms with E-state index in [2.05, 4.69) is 9.97 Å². The van der Waals surface area contributed by atoms with Crippen LogP contribution >= 0.6 is 0 Å². The molecule has 0 saturated carbocycles. The molecule has 1 aromatic carbocycles. The molecule has 0 aliphatic carbocycles. The van der Waals surface area contributed by atoms with Crippen LogP contribution in [0.3, 0.4) is 0 Å². The fourth-order valence-electron chi connectivity index (χ4n) is 2.33. The van der Waals surface area contributed by atoms with E-state index in [-0.39, 0.29) is 24.7 Å². The standard InChI is InChI=1S/C15H14FN3O3/c16-10-2-1-3-11(6-10)22-14-9-19(8-13(14)20)15(21)12-7-17-4-5-18-12/h1-7,13-14,20H,8-9H2/t13-,14-/m1/s1. The number of nitrogens with zero attached hydrogens (tertiary/aromatic N) is 3. The maximum absolute atomic E-state index is 13.1. The molecule has 0 radical (unpaired) electrons. The predicted octanol–water partition coefficient (Wildman–Crippen LogP) is 0.880. The van der Waals surface area contributed by atoms with Crippen molar-refractivity contribution >= 4 is 5.91 Å². The number of aliphatic hydroxyl groups is 1. The highest BCUT2D eigenvalue weighted by Gasteiger charge is 2.36. The van der Waals surface area contributed by atoms with Crippen molar-refractivity contribution in [2.75, 3.05) is 13.1 Å². The quantitative estimate of drug-likeness (QED) is 0.911. The van der Waals surface area contributed by atoms with Crippen molar-refractivity contribution < 1.29 is 19.0 Å². The summed E-state index contributed by atoms with van der Waals surface area (Å²) in [6.45, 7) is 0.336. The Kier molecular flexibility index (Phi) is 3.97. The van der Waals surface area contributed by atoms with E-state index >= 15 is 0 Å². The zero-order valence-electron chi connectivity index (χ0n) is 11.6. The van der Waals surface area contributed by atoms with Crippen LogP contribution < -0.4 is 4.74 Å². The van der Waals surface area contributed by atoms with Gasteiger partial charge in [-0.15, -0.1) is 0 Å². The number of β-amino-alcohol motifs (C(OH)–C–C–N with tert-alkyl or cyclic N) is 1. The molecule has 1 aliphatic rings. The van der Waals surface area contributed by atoms with Crippen molar-refractivity contribution in [3.8, 4) is 5.75 Å². The Balaban J connectivity index is 1.68. The highest BCUT2D eigenvalue weighted by atomic mass is 19.1. The molecular weight excluding hydrogens is 289 g/mol. The Morgan fingerprint density at radius 3 is 2.95 bits per heavy atom. The second-order valence-electron chi connectivity index (χ2n) is 4.98. The van der Waals surface area contributed by atoms with Crippen LogP contribution in [0, 0.1) is 5.82 Å². The van der Waals surface area contributed by atoms with E-state index in [1.54, 1.807) is 6.07 Å². The monoisotopic (exact) mass is 303 g/mol. The van der Waals surface area contributed by atoms with Crippen LogP contribution in [0.15, 0.2) is 42.9 Å². The van der Waals surface area contributed by atoms with Crippen molar-refractivity contribution in [3.63, 3.8) is 0 Å². The molecule has 1 aliphatic heterocycles. The average molecular weight is 303 g/mol. The van der Waals surface area contributed by atoms with Gasteiger partial charge in [-0.1, -0.05) is 6.07 Å². The third kappa shape index (κ3) is 3.04. The van der Waals surface area contributed by atoms with E-state index in [0.29, 0.717) is 5.75 Å². The number of aliphatic hydroxyl groups excluding tert-OH is 1. The average Bonchev–Trinajstić information content (AvgIpc) is 2.88. The molecule has 6 nitrogen and oxygen atoms in total. The number of rotatable bonds is 3. The Hall–Kier alpha value is -2.54. The van der Waals surface area contributed by atoms with Crippen LogP contribution in [0.25, 0.3) is 0 Å². The molecule has 2 atom stereocenters. The van der Waals surface area contributed by atoms with E-state index in [0.717, 1.165) is 0 Å². The molecule has 2 aromatic rings. The van der Waals surface area contributed by atoms with Gasteiger partial charge >= 0.3 is 0 Å². The number of aromatic nitrogens is 2. The van der Waals surface area contributed by atoms with E-state index < -0.39 is 18.0 Å². The van der Waals surface area contributed by atoms with E-state index in [1.165, 1.54) is 41.7 Å². The van der Waals surface area contributed by atoms with E-state index in [9.17, 15) is 14.3 Å². The molecule has 3 rings (SSSR count). The van der Waals surface area contributed by atoms with Gasteiger partial charge in [0, 0.05) is 18.5 Å². The highest BCUT2D eigenvalue weighted by molar-refractivity contribution is 5.92. The number of carbonyl (C=O) groups excluding carboxylic acids is 1. The van der Waals surface area contributed by atoms with Gasteiger partial charge in [-0.25, -0.2) is 9.37 Å². The zero-order chi connectivity index (χ0) is 15.5. The molecule has 1 amide bonds. The van der Waals surface area contributed by atoms with Gasteiger partial charge in [-0.05, 0) is 12.1 Å². The van der Waals surface area contributed by atoms with Crippen LogP contribution in [0.2, 0.25) is 0 Å². The fourth-order valence-corrected chi connectivity index (χ4v) is 2.33. The van der Waals surface area contributed by atoms with E-state index in [1.807, 2.05) is 0 Å². The Bertz CT molecular complexity index is 668. The van der Waals surface area contributed by atoms with Gasteiger partial charge in [0.1, 0.15) is 29.5 Å². The number of carbonyl (C=O) groups is 1. The third-order valence-corrected chi connectivity index (χ3v) is 3.39. The predicted molar refractivity (Wildman–Crippen MR) is 74.8 cm³/mol. The first-order valence-electron chi connectivity index (χ1n) is 6.79. The fraction of sp³-hybridized carbons (Fsp3) is 0.267. The van der Waals surface area contributed by atoms with Crippen molar-refractivity contribution in [1.29, 1.82) is 0 Å². The summed E-state index contributed by atoms with van der Waals surface area (Å²) in [4.78, 5) is 21.5. The van der Waals surface area contributed by atoms with Crippen LogP contribution in [0.4, 0.5) is 4.39 Å². The molecule has 0 unspecified atom stereocenters. The summed E-state index contributed by atoms with van der Waals surface area (Å²) in [6, 6.07) is 5.67. The Morgan fingerprint density at radius 2 is 2.23 bits per heavy atom. The third-order valence-electron chi connectivity index (χ3n) is 3.39. The largest absolute Gasteiger partial charge is 0.486 e. The van der Waals surface area contributed by atoms with Gasteiger partial charge in [0.15, 0.2) is 0 Å². The lowest BCUT2D eigenvalue weighted by molar-refractivity contribution is 0.0727. The lowest BCUT2D eigenvalue weighted by Gasteiger charge is -2.17. The van der Waals surface area contributed by atoms with Crippen LogP contribution in [0.5, 0.6) is 5.75 Å². The maximum Gasteiger partial charge on any atom is 0.274 e. The zero-order valence-corrected chi connectivity index (χ0v) is 11.6. The summed E-state index contributed by atoms with van der Waals surface area (Å²) in [5.41, 5.74) is 0.209. The number of likely N-dealkylation sites (tertiary alicyclic amines) is 1. The Morgan fingerprint density at radius 1 is 1.36 bits per heavy atom. The first-order valence-corrected chi connectivity index (χ1v) is 6.79. The Labute approximate surface area is 126 Å². The normalized spacial score (nSPS) is 20.9. The van der Waals surface area contributed by atoms with Crippen LogP contribution in [-0.2, 0) is 0 Å². The molecular formula is C15H14FN3O3. The number of hydrogen-bond acceptors (Lipinski definition) is 5. The summed E-state index contributed by atoms with van der Waals surface area (Å²) in [5.74, 6) is -0.423. The lowest BCUT2D eigenvalue weighted by atomic mass is 10.2. The minimum atomic E-state index is -0.844. The van der Waals surface area contributed by atoms with Gasteiger partial charge in [-0.2, -0.15) is 0 Å². The molecule has 114 valence electrons. The lowest BCUT2D eigenvalue weighted by Crippen LogP contribution is -2.31. The molecule has 2 heterocycles. The number of hydrogen-bond donors (Lipinski definition) is 1. The molecule has 22 heavy (non-hydrogen) atoms. The molecule has 0 bridgehead atoms. The smallest absolute Gasteiger partial charge is 0.274 e. The molecule has 1 saturated heterocycles. The van der Waals surface area contributed by atoms with Gasteiger partial charge in [-0.3, -0.25) is 9.78 Å². The molecule has 1 fully saturated rings. The molecule has 7 heteroatoms. The first-order chi connectivity index (χ1) is 10.6.